The van der Waals surface area contributed by atoms with Crippen molar-refractivity contribution in [2.24, 2.45) is 0 Å². The third-order valence-electron chi connectivity index (χ3n) is 8.53. The second-order valence-corrected chi connectivity index (χ2v) is 14.7. The smallest absolute Gasteiger partial charge is 0.264 e. The summed E-state index contributed by atoms with van der Waals surface area (Å²) in [7, 11) is -4.30. The summed E-state index contributed by atoms with van der Waals surface area (Å²) in [5.41, 5.74) is 3.69. The zero-order chi connectivity index (χ0) is 33.6. The van der Waals surface area contributed by atoms with Crippen molar-refractivity contribution in [3.8, 4) is 0 Å². The van der Waals surface area contributed by atoms with Crippen molar-refractivity contribution in [2.75, 3.05) is 10.8 Å². The predicted octanol–water partition coefficient (Wildman–Crippen LogP) is 7.50. The highest BCUT2D eigenvalue weighted by atomic mass is 35.5. The van der Waals surface area contributed by atoms with Crippen LogP contribution >= 0.6 is 23.2 Å². The average Bonchev–Trinajstić information content (AvgIpc) is 3.57. The first kappa shape index (κ1) is 34.5. The van der Waals surface area contributed by atoms with Crippen molar-refractivity contribution in [3.05, 3.63) is 129 Å². The fraction of sp³-hybridized carbons (Fsp3) is 0.297. The van der Waals surface area contributed by atoms with E-state index < -0.39 is 28.5 Å². The maximum absolute atomic E-state index is 14.7. The number of halogens is 2. The van der Waals surface area contributed by atoms with E-state index in [9.17, 15) is 18.0 Å². The van der Waals surface area contributed by atoms with Crippen molar-refractivity contribution >= 4 is 50.7 Å². The second-order valence-electron chi connectivity index (χ2n) is 12.1. The van der Waals surface area contributed by atoms with Gasteiger partial charge in [0, 0.05) is 19.0 Å². The summed E-state index contributed by atoms with van der Waals surface area (Å²) in [6, 6.07) is 27.4. The fourth-order valence-corrected chi connectivity index (χ4v) is 7.72. The molecule has 0 aliphatic heterocycles. The number of nitrogens with one attached hydrogen (secondary N) is 1. The van der Waals surface area contributed by atoms with Gasteiger partial charge >= 0.3 is 0 Å². The van der Waals surface area contributed by atoms with Gasteiger partial charge in [0.05, 0.1) is 20.6 Å². The molecule has 2 amide bonds. The van der Waals surface area contributed by atoms with Gasteiger partial charge in [0.25, 0.3) is 10.0 Å². The normalized spacial score (nSPS) is 14.0. The van der Waals surface area contributed by atoms with Crippen LogP contribution in [0.5, 0.6) is 0 Å². The molecule has 0 saturated heterocycles. The van der Waals surface area contributed by atoms with Crippen molar-refractivity contribution in [1.29, 1.82) is 0 Å². The van der Waals surface area contributed by atoms with Crippen molar-refractivity contribution in [2.45, 2.75) is 69.5 Å². The molecule has 5 rings (SSSR count). The molecule has 0 heterocycles. The molecule has 1 aliphatic carbocycles. The third-order valence-corrected chi connectivity index (χ3v) is 11.1. The molecular weight excluding hydrogens is 653 g/mol. The van der Waals surface area contributed by atoms with E-state index in [1.165, 1.54) is 23.1 Å². The summed E-state index contributed by atoms with van der Waals surface area (Å²) in [4.78, 5) is 30.3. The molecule has 0 bridgehead atoms. The summed E-state index contributed by atoms with van der Waals surface area (Å²) < 4.78 is 29.5. The molecule has 0 radical (unpaired) electrons. The van der Waals surface area contributed by atoms with Crippen LogP contribution in [0, 0.1) is 13.8 Å². The number of aryl methyl sites for hydroxylation is 2. The van der Waals surface area contributed by atoms with Crippen LogP contribution in [0.15, 0.2) is 102 Å². The lowest BCUT2D eigenvalue weighted by molar-refractivity contribution is -0.140. The Balaban J connectivity index is 1.58. The summed E-state index contributed by atoms with van der Waals surface area (Å²) >= 11 is 13.0. The van der Waals surface area contributed by atoms with Gasteiger partial charge in [-0.05, 0) is 62.1 Å². The molecule has 47 heavy (non-hydrogen) atoms. The molecule has 4 aromatic rings. The minimum absolute atomic E-state index is 0.00236. The highest BCUT2D eigenvalue weighted by Crippen LogP contribution is 2.36. The topological polar surface area (TPSA) is 86.8 Å². The largest absolute Gasteiger partial charge is 0.352 e. The van der Waals surface area contributed by atoms with E-state index in [1.54, 1.807) is 24.3 Å². The van der Waals surface area contributed by atoms with Crippen molar-refractivity contribution in [1.82, 2.24) is 10.2 Å². The lowest BCUT2D eigenvalue weighted by atomic mass is 10.0. The monoisotopic (exact) mass is 691 g/mol. The van der Waals surface area contributed by atoms with Gasteiger partial charge in [-0.1, -0.05) is 120 Å². The average molecular weight is 693 g/mol. The Morgan fingerprint density at radius 2 is 1.43 bits per heavy atom. The molecular formula is C37H39Cl2N3O4S. The number of nitrogens with zero attached hydrogens (tertiary/aromatic N) is 2. The summed E-state index contributed by atoms with van der Waals surface area (Å²) in [6.07, 6.45) is 4.08. The lowest BCUT2D eigenvalue weighted by Gasteiger charge is -2.34. The SMILES string of the molecule is Cc1ccc(CN(C(=O)CN(c2cccc(Cl)c2Cl)S(=O)(=O)c2ccc(C)cc2)[C@@H](Cc2ccccc2)C(=O)NC2CCCC2)cc1. The van der Waals surface area contributed by atoms with E-state index in [1.807, 2.05) is 68.4 Å². The molecule has 7 nitrogen and oxygen atoms in total. The van der Waals surface area contributed by atoms with Crippen molar-refractivity contribution < 1.29 is 18.0 Å². The van der Waals surface area contributed by atoms with Crippen molar-refractivity contribution in [3.63, 3.8) is 0 Å². The first-order chi connectivity index (χ1) is 22.5. The Bertz CT molecular complexity index is 1790. The van der Waals surface area contributed by atoms with Crippen LogP contribution < -0.4 is 9.62 Å². The quantitative estimate of drug-likeness (QED) is 0.167. The first-order valence-electron chi connectivity index (χ1n) is 15.8. The number of carbonyl (C=O) groups is 2. The molecule has 1 fully saturated rings. The van der Waals surface area contributed by atoms with E-state index in [2.05, 4.69) is 5.32 Å². The van der Waals surface area contributed by atoms with Gasteiger partial charge in [-0.15, -0.1) is 0 Å². The van der Waals surface area contributed by atoms with Crippen LogP contribution in [0.2, 0.25) is 10.0 Å². The number of amides is 2. The van der Waals surface area contributed by atoms with Crippen LogP contribution in [-0.4, -0.2) is 43.8 Å². The molecule has 1 aliphatic rings. The van der Waals surface area contributed by atoms with Gasteiger partial charge in [0.1, 0.15) is 12.6 Å². The Labute approximate surface area is 287 Å². The van der Waals surface area contributed by atoms with Gasteiger partial charge in [0.15, 0.2) is 0 Å². The number of hydrogen-bond acceptors (Lipinski definition) is 4. The minimum Gasteiger partial charge on any atom is -0.352 e. The number of benzene rings is 4. The first-order valence-corrected chi connectivity index (χ1v) is 18.0. The fourth-order valence-electron chi connectivity index (χ4n) is 5.85. The molecule has 0 unspecified atom stereocenters. The molecule has 1 N–H and O–H groups in total. The van der Waals surface area contributed by atoms with Gasteiger partial charge in [-0.25, -0.2) is 8.42 Å². The van der Waals surface area contributed by atoms with E-state index in [0.717, 1.165) is 52.2 Å². The maximum atomic E-state index is 14.7. The predicted molar refractivity (Wildman–Crippen MR) is 188 cm³/mol. The zero-order valence-electron chi connectivity index (χ0n) is 26.5. The highest BCUT2D eigenvalue weighted by molar-refractivity contribution is 7.92. The number of rotatable bonds is 12. The van der Waals surface area contributed by atoms with E-state index >= 15 is 0 Å². The van der Waals surface area contributed by atoms with Crippen LogP contribution in [0.3, 0.4) is 0 Å². The second kappa shape index (κ2) is 15.4. The summed E-state index contributed by atoms with van der Waals surface area (Å²) in [5.74, 6) is -0.824. The van der Waals surface area contributed by atoms with Crippen LogP contribution in [0.4, 0.5) is 5.69 Å². The number of anilines is 1. The molecule has 0 aromatic heterocycles. The van der Waals surface area contributed by atoms with E-state index in [4.69, 9.17) is 23.2 Å². The molecule has 0 spiro atoms. The Morgan fingerprint density at radius 1 is 0.809 bits per heavy atom. The number of sulfonamides is 1. The standard InChI is InChI=1S/C37H39Cl2N3O4S/c1-26-15-19-29(20-16-26)24-41(34(23-28-9-4-3-5-10-28)37(44)40-30-11-6-7-12-30)35(43)25-42(33-14-8-13-32(38)36(33)39)47(45,46)31-21-17-27(2)18-22-31/h3-5,8-10,13-22,30,34H,6-7,11-12,23-25H2,1-2H3,(H,40,44)/t34-/m0/s1. The summed E-state index contributed by atoms with van der Waals surface area (Å²) in [5, 5.41) is 3.34. The zero-order valence-corrected chi connectivity index (χ0v) is 28.9. The van der Waals surface area contributed by atoms with E-state index in [0.29, 0.717) is 0 Å². The molecule has 4 aromatic carbocycles. The van der Waals surface area contributed by atoms with Crippen LogP contribution in [0.1, 0.15) is 47.9 Å². The van der Waals surface area contributed by atoms with Gasteiger partial charge in [0.2, 0.25) is 11.8 Å². The van der Waals surface area contributed by atoms with Gasteiger partial charge in [-0.3, -0.25) is 13.9 Å². The molecule has 10 heteroatoms. The van der Waals surface area contributed by atoms with Gasteiger partial charge < -0.3 is 10.2 Å². The molecule has 1 atom stereocenters. The number of carbonyl (C=O) groups excluding carboxylic acids is 2. The maximum Gasteiger partial charge on any atom is 0.264 e. The summed E-state index contributed by atoms with van der Waals surface area (Å²) in [6.45, 7) is 3.32. The Kier molecular flexibility index (Phi) is 11.3. The van der Waals surface area contributed by atoms with Crippen LogP contribution in [-0.2, 0) is 32.6 Å². The third kappa shape index (κ3) is 8.55. The molecule has 1 saturated carbocycles. The van der Waals surface area contributed by atoms with E-state index in [-0.39, 0.29) is 45.5 Å². The van der Waals surface area contributed by atoms with Crippen LogP contribution in [0.25, 0.3) is 0 Å². The number of hydrogen-bond donors (Lipinski definition) is 1. The Morgan fingerprint density at radius 3 is 2.06 bits per heavy atom. The molecule has 246 valence electrons. The lowest BCUT2D eigenvalue weighted by Crippen LogP contribution is -2.54. The minimum atomic E-state index is -4.30. The Hall–Kier alpha value is -3.85. The van der Waals surface area contributed by atoms with Gasteiger partial charge in [-0.2, -0.15) is 0 Å². The highest BCUT2D eigenvalue weighted by Gasteiger charge is 2.36.